The number of rotatable bonds is 6. The van der Waals surface area contributed by atoms with Gasteiger partial charge >= 0.3 is 12.4 Å². The van der Waals surface area contributed by atoms with Gasteiger partial charge in [0.05, 0.1) is 12.1 Å². The number of aliphatic hydroxyl groups is 1. The van der Waals surface area contributed by atoms with Gasteiger partial charge in [-0.15, -0.1) is 0 Å². The molecule has 7 nitrogen and oxygen atoms in total. The normalized spacial score (nSPS) is 17.4. The highest BCUT2D eigenvalue weighted by molar-refractivity contribution is 6.11. The van der Waals surface area contributed by atoms with Crippen molar-refractivity contribution < 1.29 is 45.8 Å². The summed E-state index contributed by atoms with van der Waals surface area (Å²) in [4.78, 5) is 38.9. The van der Waals surface area contributed by atoms with Gasteiger partial charge in [0.2, 0.25) is 5.60 Å². The van der Waals surface area contributed by atoms with E-state index in [0.717, 1.165) is 0 Å². The number of fused-ring (bicyclic) bond motifs is 3. The van der Waals surface area contributed by atoms with E-state index in [4.69, 9.17) is 0 Å². The number of alkyl halides is 6. The zero-order chi connectivity index (χ0) is 26.9. The number of benzene rings is 2. The second-order valence-corrected chi connectivity index (χ2v) is 8.24. The van der Waals surface area contributed by atoms with Crippen LogP contribution in [-0.4, -0.2) is 53.9 Å². The fraction of sp³-hybridized carbons (Fsp3) is 0.348. The standard InChI is InChI=1S/C23H21F6N3O4/c1-21(36,19(34)30-11-10-22(24,25)26)20(35)31-17-15-8-3-2-6-13(15)14-7-4-5-9-16(14)32(18(17)33)12-23(27,28)29/h2-9,17,36H,10-12H2,1H3,(H,30,34)(H,31,35)/t17-,21+/m0/s1. The van der Waals surface area contributed by atoms with Crippen LogP contribution in [0.3, 0.4) is 0 Å². The average molecular weight is 517 g/mol. The van der Waals surface area contributed by atoms with E-state index >= 15 is 0 Å². The van der Waals surface area contributed by atoms with Crippen LogP contribution in [0.4, 0.5) is 32.0 Å². The van der Waals surface area contributed by atoms with Crippen molar-refractivity contribution in [2.75, 3.05) is 18.0 Å². The van der Waals surface area contributed by atoms with Crippen molar-refractivity contribution >= 4 is 23.4 Å². The Hall–Kier alpha value is -3.61. The van der Waals surface area contributed by atoms with Crippen LogP contribution >= 0.6 is 0 Å². The second kappa shape index (κ2) is 9.80. The highest BCUT2D eigenvalue weighted by Crippen LogP contribution is 2.41. The first-order chi connectivity index (χ1) is 16.6. The smallest absolute Gasteiger partial charge is 0.372 e. The first kappa shape index (κ1) is 27.0. The molecule has 3 rings (SSSR count). The number of nitrogens with one attached hydrogen (secondary N) is 2. The van der Waals surface area contributed by atoms with Gasteiger partial charge in [0.25, 0.3) is 17.7 Å². The lowest BCUT2D eigenvalue weighted by Gasteiger charge is -2.29. The molecule has 194 valence electrons. The van der Waals surface area contributed by atoms with Crippen LogP contribution in [0.15, 0.2) is 48.5 Å². The number of carbonyl (C=O) groups is 3. The molecule has 0 aromatic heterocycles. The molecule has 0 spiro atoms. The number of nitrogens with zero attached hydrogens (tertiary/aromatic N) is 1. The highest BCUT2D eigenvalue weighted by Gasteiger charge is 2.45. The Morgan fingerprint density at radius 1 is 0.917 bits per heavy atom. The summed E-state index contributed by atoms with van der Waals surface area (Å²) >= 11 is 0. The minimum atomic E-state index is -4.81. The first-order valence-corrected chi connectivity index (χ1v) is 10.6. The van der Waals surface area contributed by atoms with Crippen molar-refractivity contribution in [1.29, 1.82) is 0 Å². The van der Waals surface area contributed by atoms with Gasteiger partial charge in [0, 0.05) is 12.1 Å². The van der Waals surface area contributed by atoms with Gasteiger partial charge in [0.15, 0.2) is 0 Å². The lowest BCUT2D eigenvalue weighted by atomic mass is 9.94. The minimum absolute atomic E-state index is 0.0688. The van der Waals surface area contributed by atoms with E-state index in [9.17, 15) is 45.8 Å². The molecule has 2 atom stereocenters. The van der Waals surface area contributed by atoms with E-state index in [-0.39, 0.29) is 16.8 Å². The van der Waals surface area contributed by atoms with Gasteiger partial charge in [-0.1, -0.05) is 42.5 Å². The van der Waals surface area contributed by atoms with Crippen LogP contribution in [0.5, 0.6) is 0 Å². The van der Waals surface area contributed by atoms with E-state index in [2.05, 4.69) is 5.32 Å². The number of hydrogen-bond acceptors (Lipinski definition) is 4. The summed E-state index contributed by atoms with van der Waals surface area (Å²) in [5.41, 5.74) is -2.30. The van der Waals surface area contributed by atoms with Crippen molar-refractivity contribution in [3.05, 3.63) is 54.1 Å². The number of anilines is 1. The highest BCUT2D eigenvalue weighted by atomic mass is 19.4. The van der Waals surface area contributed by atoms with Gasteiger partial charge in [-0.3, -0.25) is 14.4 Å². The molecule has 3 amide bonds. The molecule has 2 aromatic carbocycles. The molecular weight excluding hydrogens is 496 g/mol. The number of para-hydroxylation sites is 1. The maximum atomic E-state index is 13.4. The Bertz CT molecular complexity index is 1160. The van der Waals surface area contributed by atoms with E-state index in [0.29, 0.717) is 17.4 Å². The fourth-order valence-electron chi connectivity index (χ4n) is 3.68. The van der Waals surface area contributed by atoms with Crippen LogP contribution in [0.2, 0.25) is 0 Å². The molecule has 2 aromatic rings. The Morgan fingerprint density at radius 2 is 1.50 bits per heavy atom. The molecule has 0 radical (unpaired) electrons. The van der Waals surface area contributed by atoms with Gasteiger partial charge in [0.1, 0.15) is 12.6 Å². The molecule has 3 N–H and O–H groups in total. The summed E-state index contributed by atoms with van der Waals surface area (Å²) in [5.74, 6) is -4.15. The maximum absolute atomic E-state index is 13.4. The Kier molecular flexibility index (Phi) is 7.35. The summed E-state index contributed by atoms with van der Waals surface area (Å²) in [6, 6.07) is 10.0. The number of amides is 3. The van der Waals surface area contributed by atoms with Crippen molar-refractivity contribution in [3.8, 4) is 11.1 Å². The van der Waals surface area contributed by atoms with Crippen LogP contribution in [0.1, 0.15) is 24.9 Å². The van der Waals surface area contributed by atoms with E-state index in [1.165, 1.54) is 36.4 Å². The van der Waals surface area contributed by atoms with Gasteiger partial charge in [-0.2, -0.15) is 26.3 Å². The predicted molar refractivity (Wildman–Crippen MR) is 115 cm³/mol. The monoisotopic (exact) mass is 517 g/mol. The van der Waals surface area contributed by atoms with Gasteiger partial charge in [-0.25, -0.2) is 0 Å². The summed E-state index contributed by atoms with van der Waals surface area (Å²) < 4.78 is 77.2. The summed E-state index contributed by atoms with van der Waals surface area (Å²) in [7, 11) is 0. The topological polar surface area (TPSA) is 98.7 Å². The molecule has 0 bridgehead atoms. The summed E-state index contributed by atoms with van der Waals surface area (Å²) in [6.07, 6.45) is -10.8. The lowest BCUT2D eigenvalue weighted by Crippen LogP contribution is -2.57. The zero-order valence-electron chi connectivity index (χ0n) is 18.7. The van der Waals surface area contributed by atoms with Gasteiger partial charge < -0.3 is 20.6 Å². The minimum Gasteiger partial charge on any atom is -0.372 e. The van der Waals surface area contributed by atoms with Crippen LogP contribution in [0, 0.1) is 0 Å². The Morgan fingerprint density at radius 3 is 2.11 bits per heavy atom. The van der Waals surface area contributed by atoms with Crippen molar-refractivity contribution in [3.63, 3.8) is 0 Å². The largest absolute Gasteiger partial charge is 0.406 e. The molecule has 1 heterocycles. The molecule has 0 aliphatic carbocycles. The third-order valence-corrected chi connectivity index (χ3v) is 5.46. The van der Waals surface area contributed by atoms with Crippen LogP contribution in [0.25, 0.3) is 11.1 Å². The third-order valence-electron chi connectivity index (χ3n) is 5.46. The average Bonchev–Trinajstić information content (AvgIpc) is 2.87. The van der Waals surface area contributed by atoms with Crippen LogP contribution < -0.4 is 15.5 Å². The van der Waals surface area contributed by atoms with Crippen molar-refractivity contribution in [2.24, 2.45) is 0 Å². The molecule has 13 heteroatoms. The molecule has 0 unspecified atom stereocenters. The SMILES string of the molecule is C[C@@](O)(C(=O)NCCC(F)(F)F)C(=O)N[C@@H]1C(=O)N(CC(F)(F)F)c2ccccc2-c2ccccc21. The summed E-state index contributed by atoms with van der Waals surface area (Å²) in [5, 5.41) is 14.3. The number of carbonyl (C=O) groups excluding carboxylic acids is 3. The molecule has 0 fully saturated rings. The second-order valence-electron chi connectivity index (χ2n) is 8.24. The molecule has 0 saturated carbocycles. The van der Waals surface area contributed by atoms with Crippen molar-refractivity contribution in [2.45, 2.75) is 37.3 Å². The van der Waals surface area contributed by atoms with E-state index in [1.807, 2.05) is 0 Å². The quantitative estimate of drug-likeness (QED) is 0.405. The lowest BCUT2D eigenvalue weighted by molar-refractivity contribution is -0.154. The molecular formula is C23H21F6N3O4. The van der Waals surface area contributed by atoms with Crippen molar-refractivity contribution in [1.82, 2.24) is 10.6 Å². The number of halogens is 6. The third kappa shape index (κ3) is 5.96. The predicted octanol–water partition coefficient (Wildman–Crippen LogP) is 3.24. The molecule has 0 saturated heterocycles. The molecule has 1 aliphatic rings. The number of hydrogen-bond donors (Lipinski definition) is 3. The zero-order valence-corrected chi connectivity index (χ0v) is 18.7. The van der Waals surface area contributed by atoms with E-state index < -0.39 is 61.2 Å². The molecule has 36 heavy (non-hydrogen) atoms. The maximum Gasteiger partial charge on any atom is 0.406 e. The summed E-state index contributed by atoms with van der Waals surface area (Å²) in [6.45, 7) is -1.91. The first-order valence-electron chi connectivity index (χ1n) is 10.6. The van der Waals surface area contributed by atoms with E-state index in [1.54, 1.807) is 17.4 Å². The van der Waals surface area contributed by atoms with Crippen LogP contribution in [-0.2, 0) is 14.4 Å². The van der Waals surface area contributed by atoms with Gasteiger partial charge in [-0.05, 0) is 24.1 Å². The molecule has 1 aliphatic heterocycles. The fourth-order valence-corrected chi connectivity index (χ4v) is 3.68. The Labute approximate surface area is 201 Å². The Balaban J connectivity index is 1.96.